The third-order valence-corrected chi connectivity index (χ3v) is 3.06. The van der Waals surface area contributed by atoms with Gasteiger partial charge in [-0.3, -0.25) is 4.79 Å². The van der Waals surface area contributed by atoms with E-state index in [9.17, 15) is 4.79 Å². The Morgan fingerprint density at radius 3 is 2.84 bits per heavy atom. The Hall–Kier alpha value is -1.18. The number of hydrogen-bond acceptors (Lipinski definition) is 5. The van der Waals surface area contributed by atoms with Crippen LogP contribution < -0.4 is 16.6 Å². The van der Waals surface area contributed by atoms with Crippen LogP contribution in [0.2, 0.25) is 0 Å². The molecule has 0 fully saturated rings. The van der Waals surface area contributed by atoms with Gasteiger partial charge in [-0.1, -0.05) is 0 Å². The molecule has 7 heteroatoms. The molecule has 1 aromatic heterocycles. The number of rotatable bonds is 6. The van der Waals surface area contributed by atoms with E-state index >= 15 is 0 Å². The Morgan fingerprint density at radius 1 is 1.58 bits per heavy atom. The van der Waals surface area contributed by atoms with Crippen molar-refractivity contribution in [1.29, 1.82) is 0 Å². The van der Waals surface area contributed by atoms with Gasteiger partial charge in [0.2, 0.25) is 0 Å². The molecule has 106 valence electrons. The van der Waals surface area contributed by atoms with Gasteiger partial charge in [-0.15, -0.1) is 0 Å². The predicted molar refractivity (Wildman–Crippen MR) is 79.8 cm³/mol. The van der Waals surface area contributed by atoms with Gasteiger partial charge in [0.25, 0.3) is 5.91 Å². The van der Waals surface area contributed by atoms with E-state index < -0.39 is 0 Å². The lowest BCUT2D eigenvalue weighted by Gasteiger charge is -2.17. The fourth-order valence-electron chi connectivity index (χ4n) is 1.55. The van der Waals surface area contributed by atoms with Gasteiger partial charge in [0.1, 0.15) is 0 Å². The van der Waals surface area contributed by atoms with Crippen molar-refractivity contribution >= 4 is 27.7 Å². The molecule has 0 saturated carbocycles. The van der Waals surface area contributed by atoms with Crippen LogP contribution in [0.5, 0.6) is 0 Å². The first-order chi connectivity index (χ1) is 8.93. The van der Waals surface area contributed by atoms with Crippen LogP contribution in [0.4, 0.5) is 5.82 Å². The molecule has 1 atom stereocenters. The van der Waals surface area contributed by atoms with E-state index in [1.165, 1.54) is 0 Å². The summed E-state index contributed by atoms with van der Waals surface area (Å²) in [5, 5.41) is 2.93. The zero-order chi connectivity index (χ0) is 14.4. The van der Waals surface area contributed by atoms with Crippen LogP contribution in [0.1, 0.15) is 23.7 Å². The minimum absolute atomic E-state index is 0.0829. The van der Waals surface area contributed by atoms with Gasteiger partial charge in [-0.25, -0.2) is 10.8 Å². The number of nitrogens with two attached hydrogens (primary N) is 1. The molecule has 6 nitrogen and oxygen atoms in total. The number of carbonyl (C=O) groups is 1. The molecular formula is C12H20BrN5O. The zero-order valence-corrected chi connectivity index (χ0v) is 13.0. The first kappa shape index (κ1) is 15.9. The highest BCUT2D eigenvalue weighted by Crippen LogP contribution is 2.17. The van der Waals surface area contributed by atoms with E-state index in [4.69, 9.17) is 5.84 Å². The lowest BCUT2D eigenvalue weighted by atomic mass is 10.2. The first-order valence-corrected chi connectivity index (χ1v) is 6.81. The number of hydrogen-bond donors (Lipinski definition) is 3. The normalized spacial score (nSPS) is 12.3. The van der Waals surface area contributed by atoms with E-state index in [1.54, 1.807) is 12.3 Å². The minimum atomic E-state index is -0.187. The van der Waals surface area contributed by atoms with Crippen molar-refractivity contribution in [3.63, 3.8) is 0 Å². The summed E-state index contributed by atoms with van der Waals surface area (Å²) in [6.07, 6.45) is 2.47. The van der Waals surface area contributed by atoms with Gasteiger partial charge in [0.15, 0.2) is 5.82 Å². The fraction of sp³-hybridized carbons (Fsp3) is 0.500. The third kappa shape index (κ3) is 5.14. The summed E-state index contributed by atoms with van der Waals surface area (Å²) in [7, 11) is 4.01. The molecule has 0 spiro atoms. The summed E-state index contributed by atoms with van der Waals surface area (Å²) in [4.78, 5) is 18.3. The molecule has 0 aliphatic rings. The first-order valence-electron chi connectivity index (χ1n) is 6.01. The maximum atomic E-state index is 12.2. The average molecular weight is 330 g/mol. The van der Waals surface area contributed by atoms with Crippen molar-refractivity contribution in [1.82, 2.24) is 15.2 Å². The zero-order valence-electron chi connectivity index (χ0n) is 11.4. The monoisotopic (exact) mass is 329 g/mol. The summed E-state index contributed by atoms with van der Waals surface area (Å²) in [5.74, 6) is 5.53. The summed E-state index contributed by atoms with van der Waals surface area (Å²) < 4.78 is 0.734. The van der Waals surface area contributed by atoms with Crippen LogP contribution in [-0.2, 0) is 0 Å². The third-order valence-electron chi connectivity index (χ3n) is 2.62. The molecule has 0 saturated heterocycles. The Morgan fingerprint density at radius 2 is 2.26 bits per heavy atom. The van der Waals surface area contributed by atoms with Crippen LogP contribution in [0.15, 0.2) is 16.7 Å². The smallest absolute Gasteiger partial charge is 0.255 e. The molecule has 0 aliphatic carbocycles. The molecule has 0 aliphatic heterocycles. The fourth-order valence-corrected chi connectivity index (χ4v) is 1.88. The summed E-state index contributed by atoms with van der Waals surface area (Å²) in [5.41, 5.74) is 2.85. The highest BCUT2D eigenvalue weighted by molar-refractivity contribution is 9.10. The van der Waals surface area contributed by atoms with Crippen molar-refractivity contribution < 1.29 is 4.79 Å². The Balaban J connectivity index is 2.69. The van der Waals surface area contributed by atoms with Crippen molar-refractivity contribution in [2.45, 2.75) is 19.4 Å². The molecule has 1 unspecified atom stereocenters. The molecular weight excluding hydrogens is 310 g/mol. The van der Waals surface area contributed by atoms with Gasteiger partial charge >= 0.3 is 0 Å². The number of nitrogens with zero attached hydrogens (tertiary/aromatic N) is 2. The van der Waals surface area contributed by atoms with Gasteiger partial charge in [0, 0.05) is 16.7 Å². The number of anilines is 1. The van der Waals surface area contributed by atoms with E-state index in [2.05, 4.69) is 36.6 Å². The molecule has 0 aromatic carbocycles. The predicted octanol–water partition coefficient (Wildman–Crippen LogP) is 1.20. The quantitative estimate of drug-likeness (QED) is 0.539. The summed E-state index contributed by atoms with van der Waals surface area (Å²) >= 11 is 3.29. The minimum Gasteiger partial charge on any atom is -0.349 e. The van der Waals surface area contributed by atoms with Gasteiger partial charge < -0.3 is 15.6 Å². The van der Waals surface area contributed by atoms with Crippen LogP contribution in [0, 0.1) is 0 Å². The number of hydrazine groups is 1. The molecule has 1 heterocycles. The largest absolute Gasteiger partial charge is 0.349 e. The second kappa shape index (κ2) is 7.42. The SMILES string of the molecule is CC(CCN(C)C)NC(=O)c1cc(Br)cnc1NN. The van der Waals surface area contributed by atoms with Crippen LogP contribution >= 0.6 is 15.9 Å². The lowest BCUT2D eigenvalue weighted by molar-refractivity contribution is 0.0937. The highest BCUT2D eigenvalue weighted by atomic mass is 79.9. The number of pyridine rings is 1. The number of halogens is 1. The Kier molecular flexibility index (Phi) is 6.20. The number of nitrogen functional groups attached to an aromatic ring is 1. The van der Waals surface area contributed by atoms with E-state index in [1.807, 2.05) is 21.0 Å². The van der Waals surface area contributed by atoms with E-state index in [-0.39, 0.29) is 11.9 Å². The van der Waals surface area contributed by atoms with Gasteiger partial charge in [-0.2, -0.15) is 0 Å². The second-order valence-corrected chi connectivity index (χ2v) is 5.58. The molecule has 4 N–H and O–H groups in total. The van der Waals surface area contributed by atoms with Gasteiger partial charge in [-0.05, 0) is 56.0 Å². The van der Waals surface area contributed by atoms with Crippen molar-refractivity contribution in [3.05, 3.63) is 22.3 Å². The molecule has 0 bridgehead atoms. The number of aromatic nitrogens is 1. The average Bonchev–Trinajstić information content (AvgIpc) is 2.36. The summed E-state index contributed by atoms with van der Waals surface area (Å²) in [6, 6.07) is 1.77. The molecule has 19 heavy (non-hydrogen) atoms. The molecule has 1 amide bonds. The Bertz CT molecular complexity index is 438. The molecule has 0 radical (unpaired) electrons. The maximum absolute atomic E-state index is 12.2. The summed E-state index contributed by atoms with van der Waals surface area (Å²) in [6.45, 7) is 2.89. The number of nitrogens with one attached hydrogen (secondary N) is 2. The van der Waals surface area contributed by atoms with Crippen molar-refractivity contribution in [2.75, 3.05) is 26.1 Å². The highest BCUT2D eigenvalue weighted by Gasteiger charge is 2.15. The number of amides is 1. The van der Waals surface area contributed by atoms with Crippen LogP contribution in [0.25, 0.3) is 0 Å². The second-order valence-electron chi connectivity index (χ2n) is 4.66. The maximum Gasteiger partial charge on any atom is 0.255 e. The van der Waals surface area contributed by atoms with E-state index in [0.29, 0.717) is 11.4 Å². The van der Waals surface area contributed by atoms with Gasteiger partial charge in [0.05, 0.1) is 5.56 Å². The lowest BCUT2D eigenvalue weighted by Crippen LogP contribution is -2.35. The standard InChI is InChI=1S/C12H20BrN5O/c1-8(4-5-18(2)3)16-12(19)10-6-9(13)7-15-11(10)17-14/h6-8H,4-5,14H2,1-3H3,(H,15,17)(H,16,19). The topological polar surface area (TPSA) is 83.3 Å². The van der Waals surface area contributed by atoms with Crippen molar-refractivity contribution in [3.8, 4) is 0 Å². The molecule has 1 rings (SSSR count). The van der Waals surface area contributed by atoms with Crippen LogP contribution in [0.3, 0.4) is 0 Å². The number of carbonyl (C=O) groups excluding carboxylic acids is 1. The van der Waals surface area contributed by atoms with Crippen LogP contribution in [-0.4, -0.2) is 42.5 Å². The Labute approximate surface area is 121 Å². The van der Waals surface area contributed by atoms with E-state index in [0.717, 1.165) is 17.4 Å². The molecule has 1 aromatic rings. The van der Waals surface area contributed by atoms with Crippen molar-refractivity contribution in [2.24, 2.45) is 5.84 Å².